The number of carbonyl (C=O) groups is 4. The number of fused-ring (bicyclic) bond motifs is 1. The Balaban J connectivity index is 1.58. The van der Waals surface area contributed by atoms with E-state index in [1.54, 1.807) is 11.8 Å². The van der Waals surface area contributed by atoms with E-state index in [9.17, 15) is 19.2 Å². The number of rotatable bonds is 5. The smallest absolute Gasteiger partial charge is 0.322 e. The molecule has 2 aliphatic rings. The molecule has 1 saturated heterocycles. The Morgan fingerprint density at radius 2 is 2.04 bits per heavy atom. The van der Waals surface area contributed by atoms with Crippen LogP contribution in [-0.2, 0) is 25.5 Å². The predicted molar refractivity (Wildman–Crippen MR) is 97.0 cm³/mol. The van der Waals surface area contributed by atoms with Crippen molar-refractivity contribution in [3.63, 3.8) is 0 Å². The van der Waals surface area contributed by atoms with Crippen LogP contribution in [0, 0.1) is 0 Å². The first kappa shape index (κ1) is 18.9. The lowest BCUT2D eigenvalue weighted by Gasteiger charge is -2.36. The molecule has 0 spiro atoms. The molecule has 4 amide bonds. The standard InChI is InChI=1S/C19H23N3O5/c1-11-7-8-13-5-3-4-6-15(13)22(11)18(25)12(2)27-16(23)10-9-14-17(24)21-19(26)20-14/h3-6,11-12,14H,7-10H2,1-2H3,(H2,20,21,24,26)/t11-,12-,14-/m0/s1. The third kappa shape index (κ3) is 4.10. The van der Waals surface area contributed by atoms with Gasteiger partial charge in [-0.2, -0.15) is 0 Å². The van der Waals surface area contributed by atoms with E-state index in [-0.39, 0.29) is 24.8 Å². The van der Waals surface area contributed by atoms with Crippen LogP contribution in [0.3, 0.4) is 0 Å². The number of para-hydroxylation sites is 1. The van der Waals surface area contributed by atoms with Crippen LogP contribution in [0.5, 0.6) is 0 Å². The van der Waals surface area contributed by atoms with Crippen LogP contribution in [0.25, 0.3) is 0 Å². The lowest BCUT2D eigenvalue weighted by Crippen LogP contribution is -2.47. The lowest BCUT2D eigenvalue weighted by atomic mass is 9.96. The summed E-state index contributed by atoms with van der Waals surface area (Å²) in [6, 6.07) is 6.43. The van der Waals surface area contributed by atoms with E-state index in [1.807, 2.05) is 31.2 Å². The maximum atomic E-state index is 12.9. The summed E-state index contributed by atoms with van der Waals surface area (Å²) in [4.78, 5) is 49.2. The van der Waals surface area contributed by atoms with Gasteiger partial charge in [-0.1, -0.05) is 18.2 Å². The Hall–Kier alpha value is -2.90. The number of amides is 4. The summed E-state index contributed by atoms with van der Waals surface area (Å²) in [5, 5.41) is 4.53. The highest BCUT2D eigenvalue weighted by molar-refractivity contribution is 6.04. The molecule has 0 aliphatic carbocycles. The van der Waals surface area contributed by atoms with E-state index in [1.165, 1.54) is 0 Å². The van der Waals surface area contributed by atoms with E-state index < -0.39 is 30.1 Å². The molecule has 8 heteroatoms. The van der Waals surface area contributed by atoms with Gasteiger partial charge in [0.05, 0.1) is 0 Å². The van der Waals surface area contributed by atoms with Crippen LogP contribution >= 0.6 is 0 Å². The summed E-state index contributed by atoms with van der Waals surface area (Å²) >= 11 is 0. The van der Waals surface area contributed by atoms with Gasteiger partial charge in [-0.05, 0) is 44.7 Å². The number of hydrogen-bond acceptors (Lipinski definition) is 5. The van der Waals surface area contributed by atoms with Crippen LogP contribution < -0.4 is 15.5 Å². The number of nitrogens with zero attached hydrogens (tertiary/aromatic N) is 1. The second-order valence-corrected chi connectivity index (χ2v) is 6.91. The predicted octanol–water partition coefficient (Wildman–Crippen LogP) is 1.27. The van der Waals surface area contributed by atoms with Crippen LogP contribution in [0.4, 0.5) is 10.5 Å². The first-order valence-corrected chi connectivity index (χ1v) is 9.08. The molecule has 2 heterocycles. The maximum absolute atomic E-state index is 12.9. The van der Waals surface area contributed by atoms with Gasteiger partial charge in [0.25, 0.3) is 11.8 Å². The quantitative estimate of drug-likeness (QED) is 0.597. The molecule has 0 aromatic heterocycles. The van der Waals surface area contributed by atoms with Gasteiger partial charge in [0.2, 0.25) is 0 Å². The third-order valence-electron chi connectivity index (χ3n) is 4.91. The topological polar surface area (TPSA) is 105 Å². The van der Waals surface area contributed by atoms with Crippen molar-refractivity contribution in [3.05, 3.63) is 29.8 Å². The van der Waals surface area contributed by atoms with Gasteiger partial charge in [0.1, 0.15) is 6.04 Å². The molecule has 1 aromatic carbocycles. The summed E-state index contributed by atoms with van der Waals surface area (Å²) in [5.41, 5.74) is 1.96. The highest BCUT2D eigenvalue weighted by Crippen LogP contribution is 2.31. The molecule has 0 saturated carbocycles. The summed E-state index contributed by atoms with van der Waals surface area (Å²) in [6.07, 6.45) is 0.880. The molecule has 0 unspecified atom stereocenters. The molecule has 144 valence electrons. The number of urea groups is 1. The molecule has 3 rings (SSSR count). The van der Waals surface area contributed by atoms with Gasteiger partial charge in [-0.3, -0.25) is 19.7 Å². The first-order valence-electron chi connectivity index (χ1n) is 9.08. The minimum absolute atomic E-state index is 0.0194. The summed E-state index contributed by atoms with van der Waals surface area (Å²) in [7, 11) is 0. The highest BCUT2D eigenvalue weighted by Gasteiger charge is 2.33. The van der Waals surface area contributed by atoms with Crippen LogP contribution in [0.1, 0.15) is 38.7 Å². The zero-order valence-corrected chi connectivity index (χ0v) is 15.4. The van der Waals surface area contributed by atoms with E-state index in [4.69, 9.17) is 4.74 Å². The van der Waals surface area contributed by atoms with Gasteiger partial charge >= 0.3 is 12.0 Å². The fourth-order valence-corrected chi connectivity index (χ4v) is 3.45. The van der Waals surface area contributed by atoms with E-state index in [0.717, 1.165) is 24.1 Å². The Bertz CT molecular complexity index is 778. The monoisotopic (exact) mass is 373 g/mol. The van der Waals surface area contributed by atoms with Crippen molar-refractivity contribution in [1.82, 2.24) is 10.6 Å². The molecular formula is C19H23N3O5. The maximum Gasteiger partial charge on any atom is 0.322 e. The zero-order valence-electron chi connectivity index (χ0n) is 15.4. The van der Waals surface area contributed by atoms with Crippen molar-refractivity contribution in [3.8, 4) is 0 Å². The molecule has 3 atom stereocenters. The number of benzene rings is 1. The number of esters is 1. The van der Waals surface area contributed by atoms with Crippen LogP contribution in [-0.4, -0.2) is 42.0 Å². The number of aryl methyl sites for hydroxylation is 1. The fraction of sp³-hybridized carbons (Fsp3) is 0.474. The zero-order chi connectivity index (χ0) is 19.6. The van der Waals surface area contributed by atoms with Crippen molar-refractivity contribution in [1.29, 1.82) is 0 Å². The van der Waals surface area contributed by atoms with Crippen molar-refractivity contribution >= 4 is 29.5 Å². The van der Waals surface area contributed by atoms with Gasteiger partial charge < -0.3 is 15.0 Å². The third-order valence-corrected chi connectivity index (χ3v) is 4.91. The normalized spacial score (nSPS) is 22.5. The Morgan fingerprint density at radius 1 is 1.30 bits per heavy atom. The van der Waals surface area contributed by atoms with Crippen molar-refractivity contribution in [2.24, 2.45) is 0 Å². The number of imide groups is 1. The fourth-order valence-electron chi connectivity index (χ4n) is 3.45. The van der Waals surface area contributed by atoms with Gasteiger partial charge in [-0.15, -0.1) is 0 Å². The van der Waals surface area contributed by atoms with E-state index >= 15 is 0 Å². The van der Waals surface area contributed by atoms with Crippen LogP contribution in [0.2, 0.25) is 0 Å². The van der Waals surface area contributed by atoms with Crippen molar-refractivity contribution in [2.45, 2.75) is 57.7 Å². The van der Waals surface area contributed by atoms with Gasteiger partial charge in [0, 0.05) is 18.2 Å². The number of nitrogens with one attached hydrogen (secondary N) is 2. The average molecular weight is 373 g/mol. The summed E-state index contributed by atoms with van der Waals surface area (Å²) in [6.45, 7) is 3.53. The minimum atomic E-state index is -0.932. The molecule has 2 N–H and O–H groups in total. The van der Waals surface area contributed by atoms with Crippen molar-refractivity contribution < 1.29 is 23.9 Å². The van der Waals surface area contributed by atoms with E-state index in [0.29, 0.717) is 0 Å². The molecule has 0 bridgehead atoms. The molecule has 8 nitrogen and oxygen atoms in total. The second-order valence-electron chi connectivity index (χ2n) is 6.91. The number of carbonyl (C=O) groups excluding carboxylic acids is 4. The Labute approximate surface area is 157 Å². The Kier molecular flexibility index (Phi) is 5.43. The Morgan fingerprint density at radius 3 is 2.74 bits per heavy atom. The van der Waals surface area contributed by atoms with Crippen molar-refractivity contribution in [2.75, 3.05) is 4.90 Å². The average Bonchev–Trinajstić information content (AvgIpc) is 2.96. The van der Waals surface area contributed by atoms with Gasteiger partial charge in [-0.25, -0.2) is 4.79 Å². The van der Waals surface area contributed by atoms with E-state index in [2.05, 4.69) is 10.6 Å². The summed E-state index contributed by atoms with van der Waals surface area (Å²) in [5.74, 6) is -1.31. The minimum Gasteiger partial charge on any atom is -0.453 e. The number of hydrogen-bond donors (Lipinski definition) is 2. The lowest BCUT2D eigenvalue weighted by molar-refractivity contribution is -0.154. The largest absolute Gasteiger partial charge is 0.453 e. The molecule has 0 radical (unpaired) electrons. The molecule has 27 heavy (non-hydrogen) atoms. The SMILES string of the molecule is C[C@H](OC(=O)CC[C@@H]1NC(=O)NC1=O)C(=O)N1c2ccccc2CC[C@@H]1C. The summed E-state index contributed by atoms with van der Waals surface area (Å²) < 4.78 is 5.28. The van der Waals surface area contributed by atoms with Gasteiger partial charge in [0.15, 0.2) is 6.10 Å². The molecule has 2 aliphatic heterocycles. The van der Waals surface area contributed by atoms with Crippen LogP contribution in [0.15, 0.2) is 24.3 Å². The first-order chi connectivity index (χ1) is 12.9. The number of ether oxygens (including phenoxy) is 1. The second kappa shape index (κ2) is 7.77. The number of anilines is 1. The molecular weight excluding hydrogens is 350 g/mol. The highest BCUT2D eigenvalue weighted by atomic mass is 16.5. The molecule has 1 aromatic rings. The molecule has 1 fully saturated rings.